The van der Waals surface area contributed by atoms with Crippen LogP contribution in [0.2, 0.25) is 0 Å². The van der Waals surface area contributed by atoms with Gasteiger partial charge in [-0.3, -0.25) is 0 Å². The number of aliphatic hydroxyl groups excluding tert-OH is 1. The standard InChI is InChI=1S/C21H26F3N3O2.HI/c1-2-25-20(27-13-18(14-28)17-8-4-3-5-9-17)26-12-16-7-6-10-19(11-16)29-15-21(22,23)24;/h3-11,18,28H,2,12-15H2,1H3,(H2,25,26,27);1H. The molecule has 0 saturated carbocycles. The quantitative estimate of drug-likeness (QED) is 0.257. The summed E-state index contributed by atoms with van der Waals surface area (Å²) in [5.74, 6) is 0.625. The lowest BCUT2D eigenvalue weighted by molar-refractivity contribution is -0.153. The van der Waals surface area contributed by atoms with Crippen molar-refractivity contribution in [3.8, 4) is 5.75 Å². The molecular formula is C21H27F3IN3O2. The second-order valence-electron chi connectivity index (χ2n) is 6.42. The molecule has 0 fully saturated rings. The van der Waals surface area contributed by atoms with Gasteiger partial charge in [-0.1, -0.05) is 42.5 Å². The van der Waals surface area contributed by atoms with Crippen molar-refractivity contribution < 1.29 is 23.0 Å². The van der Waals surface area contributed by atoms with Crippen molar-refractivity contribution in [1.29, 1.82) is 0 Å². The van der Waals surface area contributed by atoms with Crippen molar-refractivity contribution in [1.82, 2.24) is 10.6 Å². The summed E-state index contributed by atoms with van der Waals surface area (Å²) in [6.45, 7) is 2.01. The number of benzene rings is 2. The Morgan fingerprint density at radius 3 is 2.47 bits per heavy atom. The fourth-order valence-corrected chi connectivity index (χ4v) is 2.64. The molecule has 0 aliphatic rings. The van der Waals surface area contributed by atoms with Gasteiger partial charge in [-0.2, -0.15) is 13.2 Å². The number of guanidine groups is 1. The van der Waals surface area contributed by atoms with Crippen molar-refractivity contribution in [3.63, 3.8) is 0 Å². The van der Waals surface area contributed by atoms with Gasteiger partial charge in [-0.15, -0.1) is 24.0 Å². The van der Waals surface area contributed by atoms with Crippen molar-refractivity contribution in [2.45, 2.75) is 25.6 Å². The van der Waals surface area contributed by atoms with Crippen LogP contribution in [0.25, 0.3) is 0 Å². The van der Waals surface area contributed by atoms with E-state index in [0.29, 0.717) is 19.0 Å². The normalized spacial score (nSPS) is 12.6. The summed E-state index contributed by atoms with van der Waals surface area (Å²) in [5.41, 5.74) is 1.75. The van der Waals surface area contributed by atoms with Gasteiger partial charge in [-0.25, -0.2) is 4.99 Å². The molecule has 1 unspecified atom stereocenters. The number of alkyl halides is 3. The molecule has 0 amide bonds. The topological polar surface area (TPSA) is 65.9 Å². The summed E-state index contributed by atoms with van der Waals surface area (Å²) in [6, 6.07) is 16.1. The Morgan fingerprint density at radius 2 is 1.83 bits per heavy atom. The van der Waals surface area contributed by atoms with Crippen molar-refractivity contribution in [3.05, 3.63) is 65.7 Å². The number of hydrogen-bond donors (Lipinski definition) is 3. The maximum atomic E-state index is 12.3. The average molecular weight is 537 g/mol. The highest BCUT2D eigenvalue weighted by Crippen LogP contribution is 2.19. The molecule has 0 aliphatic carbocycles. The van der Waals surface area contributed by atoms with Gasteiger partial charge in [0.05, 0.1) is 13.2 Å². The first kappa shape index (κ1) is 26.0. The van der Waals surface area contributed by atoms with E-state index in [1.54, 1.807) is 18.2 Å². The van der Waals surface area contributed by atoms with E-state index in [4.69, 9.17) is 4.74 Å². The third-order valence-corrected chi connectivity index (χ3v) is 4.07. The molecule has 0 heterocycles. The second kappa shape index (κ2) is 13.3. The summed E-state index contributed by atoms with van der Waals surface area (Å²) in [4.78, 5) is 4.47. The maximum Gasteiger partial charge on any atom is 0.422 e. The highest BCUT2D eigenvalue weighted by Gasteiger charge is 2.28. The highest BCUT2D eigenvalue weighted by molar-refractivity contribution is 14.0. The molecule has 0 aromatic heterocycles. The maximum absolute atomic E-state index is 12.3. The minimum atomic E-state index is -4.38. The molecule has 30 heavy (non-hydrogen) atoms. The molecule has 0 bridgehead atoms. The Bertz CT molecular complexity index is 774. The predicted octanol–water partition coefficient (Wildman–Crippen LogP) is 4.08. The molecule has 0 saturated heterocycles. The number of halogens is 4. The molecular weight excluding hydrogens is 510 g/mol. The largest absolute Gasteiger partial charge is 0.484 e. The Balaban J connectivity index is 0.00000450. The van der Waals surface area contributed by atoms with E-state index in [-0.39, 0.29) is 48.8 Å². The minimum absolute atomic E-state index is 0. The van der Waals surface area contributed by atoms with Crippen LogP contribution in [0.15, 0.2) is 59.6 Å². The second-order valence-corrected chi connectivity index (χ2v) is 6.42. The zero-order valence-corrected chi connectivity index (χ0v) is 19.0. The highest BCUT2D eigenvalue weighted by atomic mass is 127. The molecule has 0 spiro atoms. The lowest BCUT2D eigenvalue weighted by Crippen LogP contribution is -2.39. The van der Waals surface area contributed by atoms with E-state index in [9.17, 15) is 18.3 Å². The molecule has 1 atom stereocenters. The van der Waals surface area contributed by atoms with E-state index in [1.165, 1.54) is 6.07 Å². The lowest BCUT2D eigenvalue weighted by atomic mass is 10.0. The molecule has 0 radical (unpaired) electrons. The number of rotatable bonds is 9. The van der Waals surface area contributed by atoms with Gasteiger partial charge < -0.3 is 20.5 Å². The number of nitrogens with zero attached hydrogens (tertiary/aromatic N) is 1. The molecule has 0 aliphatic heterocycles. The van der Waals surface area contributed by atoms with Crippen LogP contribution in [-0.4, -0.2) is 43.5 Å². The number of aliphatic hydroxyl groups is 1. The van der Waals surface area contributed by atoms with E-state index in [2.05, 4.69) is 15.6 Å². The first-order chi connectivity index (χ1) is 13.9. The van der Waals surface area contributed by atoms with Crippen LogP contribution in [0.4, 0.5) is 13.2 Å². The first-order valence-corrected chi connectivity index (χ1v) is 9.37. The number of aliphatic imine (C=N–C) groups is 1. The van der Waals surface area contributed by atoms with Crippen LogP contribution in [0, 0.1) is 0 Å². The Morgan fingerprint density at radius 1 is 1.10 bits per heavy atom. The molecule has 5 nitrogen and oxygen atoms in total. The average Bonchev–Trinajstić information content (AvgIpc) is 2.71. The van der Waals surface area contributed by atoms with E-state index in [0.717, 1.165) is 11.1 Å². The van der Waals surface area contributed by atoms with Crippen LogP contribution in [0.1, 0.15) is 24.0 Å². The SMILES string of the molecule is CCNC(=NCc1cccc(OCC(F)(F)F)c1)NCC(CO)c1ccccc1.I. The molecule has 166 valence electrons. The van der Waals surface area contributed by atoms with Crippen LogP contribution in [-0.2, 0) is 6.54 Å². The van der Waals surface area contributed by atoms with Crippen LogP contribution < -0.4 is 15.4 Å². The fraction of sp³-hybridized carbons (Fsp3) is 0.381. The Hall–Kier alpha value is -2.01. The van der Waals surface area contributed by atoms with Crippen molar-refractivity contribution in [2.75, 3.05) is 26.3 Å². The summed E-state index contributed by atoms with van der Waals surface area (Å²) >= 11 is 0. The van der Waals surface area contributed by atoms with Gasteiger partial charge in [0.15, 0.2) is 12.6 Å². The van der Waals surface area contributed by atoms with Crippen LogP contribution >= 0.6 is 24.0 Å². The monoisotopic (exact) mass is 537 g/mol. The Labute approximate surface area is 191 Å². The van der Waals surface area contributed by atoms with E-state index >= 15 is 0 Å². The Kier molecular flexibility index (Phi) is 11.6. The third-order valence-electron chi connectivity index (χ3n) is 4.07. The van der Waals surface area contributed by atoms with Crippen molar-refractivity contribution in [2.24, 2.45) is 4.99 Å². The number of hydrogen-bond acceptors (Lipinski definition) is 3. The molecule has 3 N–H and O–H groups in total. The molecule has 9 heteroatoms. The zero-order valence-electron chi connectivity index (χ0n) is 16.7. The minimum Gasteiger partial charge on any atom is -0.484 e. The smallest absolute Gasteiger partial charge is 0.422 e. The van der Waals surface area contributed by atoms with E-state index in [1.807, 2.05) is 37.3 Å². The van der Waals surface area contributed by atoms with Gasteiger partial charge in [-0.05, 0) is 30.2 Å². The fourth-order valence-electron chi connectivity index (χ4n) is 2.64. The summed E-state index contributed by atoms with van der Waals surface area (Å²) in [5, 5.41) is 16.0. The van der Waals surface area contributed by atoms with Gasteiger partial charge >= 0.3 is 6.18 Å². The van der Waals surface area contributed by atoms with Gasteiger partial charge in [0.25, 0.3) is 0 Å². The number of nitrogens with one attached hydrogen (secondary N) is 2. The summed E-state index contributed by atoms with van der Waals surface area (Å²) < 4.78 is 41.7. The number of ether oxygens (including phenoxy) is 1. The first-order valence-electron chi connectivity index (χ1n) is 9.37. The third kappa shape index (κ3) is 9.66. The van der Waals surface area contributed by atoms with Crippen molar-refractivity contribution >= 4 is 29.9 Å². The summed E-state index contributed by atoms with van der Waals surface area (Å²) in [6.07, 6.45) is -4.38. The molecule has 2 rings (SSSR count). The predicted molar refractivity (Wildman–Crippen MR) is 122 cm³/mol. The van der Waals surface area contributed by atoms with Gasteiger partial charge in [0.1, 0.15) is 5.75 Å². The summed E-state index contributed by atoms with van der Waals surface area (Å²) in [7, 11) is 0. The molecule has 2 aromatic rings. The lowest BCUT2D eigenvalue weighted by Gasteiger charge is -2.18. The van der Waals surface area contributed by atoms with E-state index < -0.39 is 12.8 Å². The van der Waals surface area contributed by atoms with Gasteiger partial charge in [0, 0.05) is 19.0 Å². The van der Waals surface area contributed by atoms with Crippen LogP contribution in [0.5, 0.6) is 5.75 Å². The van der Waals surface area contributed by atoms with Crippen LogP contribution in [0.3, 0.4) is 0 Å². The van der Waals surface area contributed by atoms with Gasteiger partial charge in [0.2, 0.25) is 0 Å². The molecule has 2 aromatic carbocycles. The zero-order chi connectivity index (χ0) is 21.1.